The van der Waals surface area contributed by atoms with E-state index in [0.717, 1.165) is 60.3 Å². The Bertz CT molecular complexity index is 660. The molecule has 0 aliphatic carbocycles. The molecule has 2 aliphatic heterocycles. The van der Waals surface area contributed by atoms with Gasteiger partial charge in [-0.05, 0) is 47.5 Å². The second-order valence-corrected chi connectivity index (χ2v) is 7.86. The Balaban J connectivity index is 1.53. The van der Waals surface area contributed by atoms with Gasteiger partial charge in [-0.15, -0.1) is 0 Å². The zero-order chi connectivity index (χ0) is 18.6. The number of hydrogen-bond donors (Lipinski definition) is 2. The number of nitrogens with one attached hydrogen (secondary N) is 2. The Morgan fingerprint density at radius 1 is 1.23 bits per heavy atom. The minimum Gasteiger partial charge on any atom is -0.454 e. The molecule has 1 fully saturated rings. The van der Waals surface area contributed by atoms with Gasteiger partial charge in [0.2, 0.25) is 6.79 Å². The van der Waals surface area contributed by atoms with E-state index in [1.54, 1.807) is 7.05 Å². The Kier molecular flexibility index (Phi) is 6.26. The summed E-state index contributed by atoms with van der Waals surface area (Å²) in [6, 6.07) is 4.02. The van der Waals surface area contributed by atoms with Crippen LogP contribution in [0.5, 0.6) is 11.5 Å². The minimum atomic E-state index is 0.0309. The number of benzene rings is 1. The standard InChI is InChI=1S/C18H27BrN4O3/c1-18(2,23-4-6-24-7-5-23)11-22-17(20-3)21-10-13-8-14(19)16-15(9-13)25-12-26-16/h8-9H,4-7,10-12H2,1-3H3,(H2,20,21,22). The van der Waals surface area contributed by atoms with Gasteiger partial charge in [-0.3, -0.25) is 9.89 Å². The van der Waals surface area contributed by atoms with Crippen molar-refractivity contribution >= 4 is 21.9 Å². The van der Waals surface area contributed by atoms with Gasteiger partial charge in [-0.1, -0.05) is 0 Å². The quantitative estimate of drug-likeness (QED) is 0.553. The molecule has 0 saturated carbocycles. The van der Waals surface area contributed by atoms with Crippen molar-refractivity contribution in [3.63, 3.8) is 0 Å². The average molecular weight is 427 g/mol. The fourth-order valence-electron chi connectivity index (χ4n) is 3.11. The molecule has 1 saturated heterocycles. The Labute approximate surface area is 163 Å². The zero-order valence-electron chi connectivity index (χ0n) is 15.6. The Hall–Kier alpha value is -1.51. The molecule has 2 heterocycles. The topological polar surface area (TPSA) is 67.4 Å². The van der Waals surface area contributed by atoms with Crippen molar-refractivity contribution in [2.45, 2.75) is 25.9 Å². The molecule has 7 nitrogen and oxygen atoms in total. The van der Waals surface area contributed by atoms with Crippen LogP contribution in [-0.4, -0.2) is 63.1 Å². The van der Waals surface area contributed by atoms with Crippen LogP contribution < -0.4 is 20.1 Å². The van der Waals surface area contributed by atoms with Gasteiger partial charge in [-0.2, -0.15) is 0 Å². The molecule has 0 amide bonds. The second kappa shape index (κ2) is 8.45. The van der Waals surface area contributed by atoms with E-state index in [2.05, 4.69) is 50.3 Å². The molecule has 0 unspecified atom stereocenters. The fraction of sp³-hybridized carbons (Fsp3) is 0.611. The smallest absolute Gasteiger partial charge is 0.231 e. The van der Waals surface area contributed by atoms with E-state index in [0.29, 0.717) is 6.54 Å². The van der Waals surface area contributed by atoms with Crippen LogP contribution in [0.15, 0.2) is 21.6 Å². The van der Waals surface area contributed by atoms with Gasteiger partial charge in [0.1, 0.15) is 0 Å². The van der Waals surface area contributed by atoms with Gasteiger partial charge in [-0.25, -0.2) is 0 Å². The van der Waals surface area contributed by atoms with Gasteiger partial charge < -0.3 is 24.8 Å². The number of hydrogen-bond acceptors (Lipinski definition) is 5. The maximum atomic E-state index is 5.47. The third-order valence-corrected chi connectivity index (χ3v) is 5.32. The highest BCUT2D eigenvalue weighted by atomic mass is 79.9. The first-order chi connectivity index (χ1) is 12.5. The summed E-state index contributed by atoms with van der Waals surface area (Å²) >= 11 is 3.53. The third kappa shape index (κ3) is 4.61. The molecule has 0 bridgehead atoms. The largest absolute Gasteiger partial charge is 0.454 e. The third-order valence-electron chi connectivity index (χ3n) is 4.73. The predicted octanol–water partition coefficient (Wildman–Crippen LogP) is 1.95. The predicted molar refractivity (Wildman–Crippen MR) is 105 cm³/mol. The number of nitrogens with zero attached hydrogens (tertiary/aromatic N) is 2. The molecular formula is C18H27BrN4O3. The monoisotopic (exact) mass is 426 g/mol. The van der Waals surface area contributed by atoms with Crippen LogP contribution >= 0.6 is 15.9 Å². The minimum absolute atomic E-state index is 0.0309. The zero-order valence-corrected chi connectivity index (χ0v) is 17.2. The summed E-state index contributed by atoms with van der Waals surface area (Å²) in [7, 11) is 1.78. The molecular weight excluding hydrogens is 400 g/mol. The lowest BCUT2D eigenvalue weighted by atomic mass is 10.0. The van der Waals surface area contributed by atoms with E-state index in [1.807, 2.05) is 12.1 Å². The first kappa shape index (κ1) is 19.3. The van der Waals surface area contributed by atoms with Gasteiger partial charge in [0.15, 0.2) is 17.5 Å². The second-order valence-electron chi connectivity index (χ2n) is 7.00. The first-order valence-corrected chi connectivity index (χ1v) is 9.64. The molecule has 1 aromatic carbocycles. The lowest BCUT2D eigenvalue weighted by Crippen LogP contribution is -2.56. The molecule has 144 valence electrons. The van der Waals surface area contributed by atoms with E-state index in [9.17, 15) is 0 Å². The van der Waals surface area contributed by atoms with Crippen LogP contribution in [0.4, 0.5) is 0 Å². The van der Waals surface area contributed by atoms with Crippen LogP contribution in [0.1, 0.15) is 19.4 Å². The summed E-state index contributed by atoms with van der Waals surface area (Å²) < 4.78 is 17.2. The summed E-state index contributed by atoms with van der Waals surface area (Å²) in [6.45, 7) is 9.73. The van der Waals surface area contributed by atoms with Crippen molar-refractivity contribution in [1.29, 1.82) is 0 Å². The fourth-order valence-corrected chi connectivity index (χ4v) is 3.71. The van der Waals surface area contributed by atoms with E-state index >= 15 is 0 Å². The molecule has 3 rings (SSSR count). The first-order valence-electron chi connectivity index (χ1n) is 8.85. The van der Waals surface area contributed by atoms with Crippen molar-refractivity contribution in [1.82, 2.24) is 15.5 Å². The van der Waals surface area contributed by atoms with Crippen molar-refractivity contribution in [2.75, 3.05) is 46.7 Å². The summed E-state index contributed by atoms with van der Waals surface area (Å²) in [6.07, 6.45) is 0. The van der Waals surface area contributed by atoms with Gasteiger partial charge >= 0.3 is 0 Å². The lowest BCUT2D eigenvalue weighted by Gasteiger charge is -2.41. The van der Waals surface area contributed by atoms with Crippen LogP contribution in [0.3, 0.4) is 0 Å². The van der Waals surface area contributed by atoms with Crippen molar-refractivity contribution in [3.8, 4) is 11.5 Å². The number of ether oxygens (including phenoxy) is 3. The van der Waals surface area contributed by atoms with Gasteiger partial charge in [0, 0.05) is 38.8 Å². The van der Waals surface area contributed by atoms with E-state index in [-0.39, 0.29) is 12.3 Å². The van der Waals surface area contributed by atoms with Crippen molar-refractivity contribution in [3.05, 3.63) is 22.2 Å². The molecule has 8 heteroatoms. The van der Waals surface area contributed by atoms with Crippen LogP contribution in [0.25, 0.3) is 0 Å². The number of halogens is 1. The average Bonchev–Trinajstić information content (AvgIpc) is 3.12. The molecule has 1 aromatic rings. The highest BCUT2D eigenvalue weighted by molar-refractivity contribution is 9.10. The van der Waals surface area contributed by atoms with Gasteiger partial charge in [0.05, 0.1) is 17.7 Å². The molecule has 0 aromatic heterocycles. The summed E-state index contributed by atoms with van der Waals surface area (Å²) in [5.41, 5.74) is 1.12. The maximum Gasteiger partial charge on any atom is 0.231 e. The van der Waals surface area contributed by atoms with E-state index < -0.39 is 0 Å². The lowest BCUT2D eigenvalue weighted by molar-refractivity contribution is -0.00834. The number of fused-ring (bicyclic) bond motifs is 1. The highest BCUT2D eigenvalue weighted by Crippen LogP contribution is 2.39. The summed E-state index contributed by atoms with van der Waals surface area (Å²) in [5, 5.41) is 6.79. The molecule has 0 radical (unpaired) electrons. The van der Waals surface area contributed by atoms with Crippen LogP contribution in [-0.2, 0) is 11.3 Å². The molecule has 0 atom stereocenters. The Morgan fingerprint density at radius 3 is 2.73 bits per heavy atom. The molecule has 2 aliphatic rings. The summed E-state index contributed by atoms with van der Waals surface area (Å²) in [4.78, 5) is 6.78. The van der Waals surface area contributed by atoms with Crippen molar-refractivity contribution < 1.29 is 14.2 Å². The number of rotatable bonds is 5. The number of morpholine rings is 1. The van der Waals surface area contributed by atoms with Crippen LogP contribution in [0.2, 0.25) is 0 Å². The number of guanidine groups is 1. The van der Waals surface area contributed by atoms with Gasteiger partial charge in [0.25, 0.3) is 0 Å². The SMILES string of the molecule is CN=C(NCc1cc(Br)c2c(c1)OCO2)NCC(C)(C)N1CCOCC1. The summed E-state index contributed by atoms with van der Waals surface area (Å²) in [5.74, 6) is 2.32. The maximum absolute atomic E-state index is 5.47. The molecule has 0 spiro atoms. The molecule has 2 N–H and O–H groups in total. The van der Waals surface area contributed by atoms with Crippen molar-refractivity contribution in [2.24, 2.45) is 4.99 Å². The normalized spacial score (nSPS) is 18.1. The molecule has 26 heavy (non-hydrogen) atoms. The van der Waals surface area contributed by atoms with E-state index in [1.165, 1.54) is 0 Å². The van der Waals surface area contributed by atoms with E-state index in [4.69, 9.17) is 14.2 Å². The number of aliphatic imine (C=N–C) groups is 1. The Morgan fingerprint density at radius 2 is 2.00 bits per heavy atom. The highest BCUT2D eigenvalue weighted by Gasteiger charge is 2.28. The van der Waals surface area contributed by atoms with Crippen LogP contribution in [0, 0.1) is 0 Å².